The van der Waals surface area contributed by atoms with Crippen molar-refractivity contribution in [2.75, 3.05) is 21.3 Å². The van der Waals surface area contributed by atoms with E-state index < -0.39 is 5.97 Å². The van der Waals surface area contributed by atoms with Crippen molar-refractivity contribution in [1.82, 2.24) is 4.98 Å². The van der Waals surface area contributed by atoms with Gasteiger partial charge in [0.2, 0.25) is 0 Å². The Kier molecular flexibility index (Phi) is 6.16. The molecule has 1 heterocycles. The Hall–Kier alpha value is -3.06. The van der Waals surface area contributed by atoms with E-state index in [1.807, 2.05) is 30.3 Å². The molecule has 28 heavy (non-hydrogen) atoms. The van der Waals surface area contributed by atoms with Crippen molar-refractivity contribution < 1.29 is 24.1 Å². The molecule has 0 aliphatic carbocycles. The van der Waals surface area contributed by atoms with Crippen molar-refractivity contribution in [3.63, 3.8) is 0 Å². The Morgan fingerprint density at radius 3 is 2.36 bits per heavy atom. The second kappa shape index (κ2) is 8.75. The van der Waals surface area contributed by atoms with Crippen LogP contribution >= 0.6 is 11.3 Å². The molecule has 0 aliphatic heterocycles. The molecule has 3 rings (SSSR count). The fourth-order valence-electron chi connectivity index (χ4n) is 2.84. The molecular formula is C21H20NO5S-. The first kappa shape index (κ1) is 19.7. The summed E-state index contributed by atoms with van der Waals surface area (Å²) in [5.41, 5.74) is 2.41. The maximum absolute atomic E-state index is 11.1. The highest BCUT2D eigenvalue weighted by atomic mass is 32.1. The molecule has 0 aliphatic rings. The molecule has 1 aromatic heterocycles. The third kappa shape index (κ3) is 4.26. The largest absolute Gasteiger partial charge is 0.550 e. The number of allylic oxidation sites excluding steroid dienone is 1. The molecule has 3 aromatic rings. The molecule has 0 spiro atoms. The number of para-hydroxylation sites is 1. The normalized spacial score (nSPS) is 11.5. The zero-order valence-corrected chi connectivity index (χ0v) is 16.7. The summed E-state index contributed by atoms with van der Waals surface area (Å²) in [4.78, 5) is 15.7. The minimum Gasteiger partial charge on any atom is -0.550 e. The average Bonchev–Trinajstić information content (AvgIpc) is 3.14. The molecule has 0 amide bonds. The maximum atomic E-state index is 11.1. The number of carboxylic acid groups (broad SMARTS) is 1. The highest BCUT2D eigenvalue weighted by molar-refractivity contribution is 7.19. The summed E-state index contributed by atoms with van der Waals surface area (Å²) in [6, 6.07) is 11.3. The van der Waals surface area contributed by atoms with Crippen molar-refractivity contribution in [3.8, 4) is 17.2 Å². The number of fused-ring (bicyclic) bond motifs is 1. The quantitative estimate of drug-likeness (QED) is 0.579. The molecule has 0 unspecified atom stereocenters. The predicted octanol–water partition coefficient (Wildman–Crippen LogP) is 3.39. The van der Waals surface area contributed by atoms with Gasteiger partial charge in [-0.2, -0.15) is 0 Å². The number of aromatic nitrogens is 1. The summed E-state index contributed by atoms with van der Waals surface area (Å²) in [7, 11) is 4.68. The van der Waals surface area contributed by atoms with Gasteiger partial charge < -0.3 is 24.1 Å². The molecule has 2 aromatic carbocycles. The number of rotatable bonds is 8. The number of thiazole rings is 1. The van der Waals surface area contributed by atoms with Gasteiger partial charge in [0, 0.05) is 17.6 Å². The van der Waals surface area contributed by atoms with E-state index in [1.165, 1.54) is 11.3 Å². The monoisotopic (exact) mass is 398 g/mol. The molecule has 0 fully saturated rings. The van der Waals surface area contributed by atoms with Gasteiger partial charge in [0.15, 0.2) is 11.5 Å². The standard InChI is InChI=1S/C21H21NO5S/c1-25-16-12-18(27-3)17(26-2)11-14(16)10-13(8-9-20(23)24)21-22-15-6-4-5-7-19(15)28-21/h4-7,10-12H,8-9H2,1-3H3,(H,23,24)/p-1/b13-10+. The summed E-state index contributed by atoms with van der Waals surface area (Å²) in [6.45, 7) is 0. The van der Waals surface area contributed by atoms with Gasteiger partial charge in [0.1, 0.15) is 10.8 Å². The predicted molar refractivity (Wildman–Crippen MR) is 108 cm³/mol. The third-order valence-electron chi connectivity index (χ3n) is 4.23. The molecule has 0 saturated heterocycles. The average molecular weight is 398 g/mol. The Morgan fingerprint density at radius 2 is 1.71 bits per heavy atom. The molecule has 0 atom stereocenters. The van der Waals surface area contributed by atoms with Crippen molar-refractivity contribution in [1.29, 1.82) is 0 Å². The number of hydrogen-bond donors (Lipinski definition) is 0. The Labute approximate surface area is 167 Å². The number of benzene rings is 2. The van der Waals surface area contributed by atoms with E-state index in [-0.39, 0.29) is 6.42 Å². The minimum atomic E-state index is -1.11. The van der Waals surface area contributed by atoms with E-state index >= 15 is 0 Å². The molecule has 0 N–H and O–H groups in total. The fraction of sp³-hybridized carbons (Fsp3) is 0.238. The lowest BCUT2D eigenvalue weighted by Gasteiger charge is -2.13. The number of hydrogen-bond acceptors (Lipinski definition) is 7. The molecule has 146 valence electrons. The number of carbonyl (C=O) groups is 1. The summed E-state index contributed by atoms with van der Waals surface area (Å²) in [5, 5.41) is 11.8. The van der Waals surface area contributed by atoms with Crippen LogP contribution < -0.4 is 19.3 Å². The van der Waals surface area contributed by atoms with E-state index in [1.54, 1.807) is 33.5 Å². The van der Waals surface area contributed by atoms with Crippen molar-refractivity contribution in [2.45, 2.75) is 12.8 Å². The Balaban J connectivity index is 2.11. The first-order valence-electron chi connectivity index (χ1n) is 8.62. The van der Waals surface area contributed by atoms with E-state index in [0.717, 1.165) is 26.4 Å². The van der Waals surface area contributed by atoms with Gasteiger partial charge in [-0.1, -0.05) is 12.1 Å². The second-order valence-electron chi connectivity index (χ2n) is 5.98. The van der Waals surface area contributed by atoms with Crippen LogP contribution in [0.4, 0.5) is 0 Å². The molecule has 0 saturated carbocycles. The number of nitrogens with zero attached hydrogens (tertiary/aromatic N) is 1. The summed E-state index contributed by atoms with van der Waals surface area (Å²) in [5.74, 6) is 0.585. The molecule has 0 radical (unpaired) electrons. The first-order chi connectivity index (χ1) is 13.5. The topological polar surface area (TPSA) is 80.7 Å². The van der Waals surface area contributed by atoms with Gasteiger partial charge in [-0.05, 0) is 42.7 Å². The van der Waals surface area contributed by atoms with Gasteiger partial charge in [-0.3, -0.25) is 0 Å². The van der Waals surface area contributed by atoms with Gasteiger partial charge in [0.05, 0.1) is 31.5 Å². The Morgan fingerprint density at radius 1 is 1.04 bits per heavy atom. The van der Waals surface area contributed by atoms with Crippen LogP contribution in [0, 0.1) is 0 Å². The van der Waals surface area contributed by atoms with Crippen LogP contribution in [0.2, 0.25) is 0 Å². The van der Waals surface area contributed by atoms with E-state index in [9.17, 15) is 9.90 Å². The van der Waals surface area contributed by atoms with Gasteiger partial charge in [-0.25, -0.2) is 4.98 Å². The van der Waals surface area contributed by atoms with Gasteiger partial charge in [0.25, 0.3) is 0 Å². The van der Waals surface area contributed by atoms with Crippen molar-refractivity contribution in [2.24, 2.45) is 0 Å². The highest BCUT2D eigenvalue weighted by Crippen LogP contribution is 2.38. The zero-order chi connectivity index (χ0) is 20.1. The fourth-order valence-corrected chi connectivity index (χ4v) is 3.85. The molecular weight excluding hydrogens is 378 g/mol. The highest BCUT2D eigenvalue weighted by Gasteiger charge is 2.14. The SMILES string of the molecule is COc1cc(OC)c(OC)cc1/C=C(\CCC(=O)[O-])c1nc2ccccc2s1. The maximum Gasteiger partial charge on any atom is 0.164 e. The molecule has 7 heteroatoms. The summed E-state index contributed by atoms with van der Waals surface area (Å²) >= 11 is 1.52. The zero-order valence-electron chi connectivity index (χ0n) is 15.9. The van der Waals surface area contributed by atoms with E-state index in [0.29, 0.717) is 23.7 Å². The van der Waals surface area contributed by atoms with Crippen LogP contribution in [0.3, 0.4) is 0 Å². The van der Waals surface area contributed by atoms with Crippen molar-refractivity contribution >= 4 is 39.2 Å². The number of methoxy groups -OCH3 is 3. The van der Waals surface area contributed by atoms with Crippen LogP contribution in [0.25, 0.3) is 21.9 Å². The van der Waals surface area contributed by atoms with Crippen molar-refractivity contribution in [3.05, 3.63) is 47.0 Å². The lowest BCUT2D eigenvalue weighted by molar-refractivity contribution is -0.305. The van der Waals surface area contributed by atoms with Crippen LogP contribution in [0.15, 0.2) is 36.4 Å². The number of aliphatic carboxylic acids is 1. The van der Waals surface area contributed by atoms with E-state index in [2.05, 4.69) is 4.98 Å². The number of ether oxygens (including phenoxy) is 3. The Bertz CT molecular complexity index is 992. The van der Waals surface area contributed by atoms with E-state index in [4.69, 9.17) is 14.2 Å². The van der Waals surface area contributed by atoms with Gasteiger partial charge >= 0.3 is 0 Å². The second-order valence-corrected chi connectivity index (χ2v) is 7.01. The molecule has 6 nitrogen and oxygen atoms in total. The number of carboxylic acids is 1. The number of carbonyl (C=O) groups excluding carboxylic acids is 1. The lowest BCUT2D eigenvalue weighted by atomic mass is 10.1. The third-order valence-corrected chi connectivity index (χ3v) is 5.34. The first-order valence-corrected chi connectivity index (χ1v) is 9.43. The van der Waals surface area contributed by atoms with Crippen LogP contribution in [0.5, 0.6) is 17.2 Å². The smallest absolute Gasteiger partial charge is 0.164 e. The van der Waals surface area contributed by atoms with Crippen LogP contribution in [-0.4, -0.2) is 32.3 Å². The summed E-state index contributed by atoms with van der Waals surface area (Å²) in [6.07, 6.45) is 2.07. The minimum absolute atomic E-state index is 0.0998. The summed E-state index contributed by atoms with van der Waals surface area (Å²) < 4.78 is 17.2. The lowest BCUT2D eigenvalue weighted by Crippen LogP contribution is -2.21. The van der Waals surface area contributed by atoms with Gasteiger partial charge in [-0.15, -0.1) is 11.3 Å². The molecule has 0 bridgehead atoms. The van der Waals surface area contributed by atoms with Crippen LogP contribution in [0.1, 0.15) is 23.4 Å². The van der Waals surface area contributed by atoms with Crippen LogP contribution in [-0.2, 0) is 4.79 Å².